The number of nitrogens with one attached hydrogen (secondary N) is 2. The summed E-state index contributed by atoms with van der Waals surface area (Å²) in [6, 6.07) is 0.277. The molecule has 2 N–H and O–H groups in total. The lowest BCUT2D eigenvalue weighted by atomic mass is 10.4. The molecule has 92 valence electrons. The predicted octanol–water partition coefficient (Wildman–Crippen LogP) is 0.586. The second-order valence-electron chi connectivity index (χ2n) is 3.66. The third-order valence-electron chi connectivity index (χ3n) is 1.69. The van der Waals surface area contributed by atoms with Crippen LogP contribution in [0.1, 0.15) is 18.9 Å². The third-order valence-corrected chi connectivity index (χ3v) is 3.82. The van der Waals surface area contributed by atoms with Gasteiger partial charge in [0, 0.05) is 12.6 Å². The summed E-state index contributed by atoms with van der Waals surface area (Å²) in [4.78, 5) is 0. The SMILES string of the molecule is Cc1nnc(NS(=O)(=O)CCNC(C)C)s1. The minimum absolute atomic E-state index is 0.0316. The molecule has 0 saturated heterocycles. The number of sulfonamides is 1. The van der Waals surface area contributed by atoms with E-state index in [-0.39, 0.29) is 11.8 Å². The molecule has 0 atom stereocenters. The smallest absolute Gasteiger partial charge is 0.235 e. The highest BCUT2D eigenvalue weighted by atomic mass is 32.2. The molecule has 1 heterocycles. The number of hydrogen-bond donors (Lipinski definition) is 2. The Labute approximate surface area is 99.5 Å². The van der Waals surface area contributed by atoms with Crippen LogP contribution in [-0.4, -0.2) is 37.0 Å². The normalized spacial score (nSPS) is 12.0. The molecule has 8 heteroatoms. The van der Waals surface area contributed by atoms with Crippen molar-refractivity contribution in [3.63, 3.8) is 0 Å². The minimum Gasteiger partial charge on any atom is -0.313 e. The van der Waals surface area contributed by atoms with E-state index < -0.39 is 10.0 Å². The lowest BCUT2D eigenvalue weighted by molar-refractivity contribution is 0.582. The molecule has 0 fully saturated rings. The van der Waals surface area contributed by atoms with Crippen LogP contribution >= 0.6 is 11.3 Å². The number of anilines is 1. The molecule has 0 aromatic carbocycles. The molecule has 0 amide bonds. The molecule has 0 spiro atoms. The van der Waals surface area contributed by atoms with E-state index in [1.165, 1.54) is 11.3 Å². The highest BCUT2D eigenvalue weighted by Crippen LogP contribution is 2.14. The first-order valence-electron chi connectivity index (χ1n) is 4.93. The summed E-state index contributed by atoms with van der Waals surface area (Å²) in [6.45, 7) is 6.13. The molecular formula is C8H16N4O2S2. The Morgan fingerprint density at radius 1 is 1.38 bits per heavy atom. The van der Waals surface area contributed by atoms with E-state index in [1.807, 2.05) is 13.8 Å². The molecule has 0 aliphatic carbocycles. The van der Waals surface area contributed by atoms with Crippen LogP contribution in [0, 0.1) is 6.92 Å². The Hall–Kier alpha value is -0.730. The van der Waals surface area contributed by atoms with Crippen LogP contribution in [0.4, 0.5) is 5.13 Å². The molecule has 1 rings (SSSR count). The summed E-state index contributed by atoms with van der Waals surface area (Å²) in [6.07, 6.45) is 0. The van der Waals surface area contributed by atoms with Crippen LogP contribution < -0.4 is 10.0 Å². The van der Waals surface area contributed by atoms with Crippen molar-refractivity contribution in [1.82, 2.24) is 15.5 Å². The molecule has 0 aliphatic heterocycles. The van der Waals surface area contributed by atoms with E-state index in [9.17, 15) is 8.42 Å². The predicted molar refractivity (Wildman–Crippen MR) is 65.2 cm³/mol. The third kappa shape index (κ3) is 4.86. The molecule has 16 heavy (non-hydrogen) atoms. The highest BCUT2D eigenvalue weighted by molar-refractivity contribution is 7.92. The van der Waals surface area contributed by atoms with Gasteiger partial charge in [-0.3, -0.25) is 4.72 Å². The van der Waals surface area contributed by atoms with Crippen LogP contribution in [-0.2, 0) is 10.0 Å². The second kappa shape index (κ2) is 5.55. The Bertz CT molecular complexity index is 427. The van der Waals surface area contributed by atoms with Crippen molar-refractivity contribution in [1.29, 1.82) is 0 Å². The molecule has 0 bridgehead atoms. The van der Waals surface area contributed by atoms with Crippen molar-refractivity contribution in [2.24, 2.45) is 0 Å². The van der Waals surface area contributed by atoms with Crippen molar-refractivity contribution < 1.29 is 8.42 Å². The average molecular weight is 264 g/mol. The standard InChI is InChI=1S/C8H16N4O2S2/c1-6(2)9-4-5-16(13,14)12-8-11-10-7(3)15-8/h6,9H,4-5H2,1-3H3,(H,11,12). The van der Waals surface area contributed by atoms with Gasteiger partial charge in [-0.1, -0.05) is 25.2 Å². The highest BCUT2D eigenvalue weighted by Gasteiger charge is 2.12. The van der Waals surface area contributed by atoms with Gasteiger partial charge in [0.15, 0.2) is 0 Å². The van der Waals surface area contributed by atoms with Gasteiger partial charge in [-0.25, -0.2) is 8.42 Å². The molecule has 0 aliphatic rings. The fourth-order valence-electron chi connectivity index (χ4n) is 1.00. The van der Waals surface area contributed by atoms with Gasteiger partial charge in [0.1, 0.15) is 5.01 Å². The van der Waals surface area contributed by atoms with Crippen LogP contribution in [0.3, 0.4) is 0 Å². The van der Waals surface area contributed by atoms with Gasteiger partial charge in [-0.2, -0.15) is 0 Å². The topological polar surface area (TPSA) is 84.0 Å². The summed E-state index contributed by atoms with van der Waals surface area (Å²) in [7, 11) is -3.32. The number of rotatable bonds is 6. The zero-order valence-electron chi connectivity index (χ0n) is 9.52. The first-order valence-corrected chi connectivity index (χ1v) is 7.40. The van der Waals surface area contributed by atoms with Crippen molar-refractivity contribution in [2.75, 3.05) is 17.0 Å². The maximum atomic E-state index is 11.6. The van der Waals surface area contributed by atoms with E-state index in [4.69, 9.17) is 0 Å². The van der Waals surface area contributed by atoms with Gasteiger partial charge in [0.25, 0.3) is 0 Å². The second-order valence-corrected chi connectivity index (χ2v) is 6.68. The maximum Gasteiger partial charge on any atom is 0.235 e. The van der Waals surface area contributed by atoms with Crippen molar-refractivity contribution in [3.05, 3.63) is 5.01 Å². The Balaban J connectivity index is 2.46. The molecular weight excluding hydrogens is 248 g/mol. The first-order chi connectivity index (χ1) is 7.39. The Morgan fingerprint density at radius 2 is 2.06 bits per heavy atom. The molecule has 0 radical (unpaired) electrons. The molecule has 1 aromatic rings. The lowest BCUT2D eigenvalue weighted by Crippen LogP contribution is -2.30. The Morgan fingerprint density at radius 3 is 2.56 bits per heavy atom. The number of nitrogens with zero attached hydrogens (tertiary/aromatic N) is 2. The molecule has 1 aromatic heterocycles. The van der Waals surface area contributed by atoms with Gasteiger partial charge in [-0.15, -0.1) is 10.2 Å². The van der Waals surface area contributed by atoms with Gasteiger partial charge in [-0.05, 0) is 6.92 Å². The van der Waals surface area contributed by atoms with E-state index in [1.54, 1.807) is 6.92 Å². The summed E-state index contributed by atoms with van der Waals surface area (Å²) in [5.41, 5.74) is 0. The van der Waals surface area contributed by atoms with E-state index in [2.05, 4.69) is 20.2 Å². The van der Waals surface area contributed by atoms with Crippen LogP contribution in [0.2, 0.25) is 0 Å². The quantitative estimate of drug-likeness (QED) is 0.785. The summed E-state index contributed by atoms with van der Waals surface area (Å²) < 4.78 is 25.5. The summed E-state index contributed by atoms with van der Waals surface area (Å²) in [5, 5.41) is 11.5. The first kappa shape index (κ1) is 13.3. The van der Waals surface area contributed by atoms with Gasteiger partial charge in [0.05, 0.1) is 5.75 Å². The molecule has 0 saturated carbocycles. The number of hydrogen-bond acceptors (Lipinski definition) is 6. The van der Waals surface area contributed by atoms with Crippen molar-refractivity contribution in [3.8, 4) is 0 Å². The fraction of sp³-hybridized carbons (Fsp3) is 0.750. The zero-order valence-corrected chi connectivity index (χ0v) is 11.2. The monoisotopic (exact) mass is 264 g/mol. The minimum atomic E-state index is -3.32. The zero-order chi connectivity index (χ0) is 12.2. The van der Waals surface area contributed by atoms with Crippen LogP contribution in [0.15, 0.2) is 0 Å². The fourth-order valence-corrected chi connectivity index (χ4v) is 2.79. The number of aromatic nitrogens is 2. The summed E-state index contributed by atoms with van der Waals surface area (Å²) >= 11 is 1.22. The van der Waals surface area contributed by atoms with Crippen LogP contribution in [0.5, 0.6) is 0 Å². The van der Waals surface area contributed by atoms with E-state index in [0.717, 1.165) is 5.01 Å². The van der Waals surface area contributed by atoms with Crippen molar-refractivity contribution >= 4 is 26.5 Å². The molecule has 0 unspecified atom stereocenters. The van der Waals surface area contributed by atoms with Gasteiger partial charge >= 0.3 is 0 Å². The maximum absolute atomic E-state index is 11.6. The van der Waals surface area contributed by atoms with E-state index in [0.29, 0.717) is 11.7 Å². The lowest BCUT2D eigenvalue weighted by Gasteiger charge is -2.08. The van der Waals surface area contributed by atoms with Crippen molar-refractivity contribution in [2.45, 2.75) is 26.8 Å². The van der Waals surface area contributed by atoms with Crippen LogP contribution in [0.25, 0.3) is 0 Å². The number of aryl methyl sites for hydroxylation is 1. The summed E-state index contributed by atoms with van der Waals surface area (Å²) in [5.74, 6) is 0.0316. The largest absolute Gasteiger partial charge is 0.313 e. The van der Waals surface area contributed by atoms with Gasteiger partial charge < -0.3 is 5.32 Å². The van der Waals surface area contributed by atoms with E-state index >= 15 is 0 Å². The average Bonchev–Trinajstić information content (AvgIpc) is 2.48. The van der Waals surface area contributed by atoms with Gasteiger partial charge in [0.2, 0.25) is 15.2 Å². The Kier molecular flexibility index (Phi) is 4.63. The molecule has 6 nitrogen and oxygen atoms in total.